The number of anilines is 1. The summed E-state index contributed by atoms with van der Waals surface area (Å²) in [6.07, 6.45) is -0.519. The molecule has 110 valence electrons. The summed E-state index contributed by atoms with van der Waals surface area (Å²) in [7, 11) is 1.38. The quantitative estimate of drug-likeness (QED) is 0.702. The fraction of sp³-hybridized carbons (Fsp3) is 0.231. The van der Waals surface area contributed by atoms with E-state index < -0.39 is 30.4 Å². The van der Waals surface area contributed by atoms with Gasteiger partial charge < -0.3 is 16.2 Å². The Balaban J connectivity index is 2.89. The average Bonchev–Trinajstić information content (AvgIpc) is 2.45. The molecule has 0 unspecified atom stereocenters. The van der Waals surface area contributed by atoms with Crippen LogP contribution in [0.4, 0.5) is 10.5 Å². The summed E-state index contributed by atoms with van der Waals surface area (Å²) in [5.41, 5.74) is 5.51. The first kappa shape index (κ1) is 16.0. The molecule has 8 heteroatoms. The van der Waals surface area contributed by atoms with E-state index in [9.17, 15) is 14.4 Å². The molecule has 0 saturated carbocycles. The van der Waals surface area contributed by atoms with Gasteiger partial charge in [-0.05, 0) is 12.1 Å². The van der Waals surface area contributed by atoms with E-state index >= 15 is 0 Å². The second-order valence-electron chi connectivity index (χ2n) is 4.20. The Morgan fingerprint density at radius 2 is 2.05 bits per heavy atom. The van der Waals surface area contributed by atoms with Crippen molar-refractivity contribution in [1.82, 2.24) is 5.32 Å². The monoisotopic (exact) mass is 290 g/mol. The minimum Gasteiger partial charge on any atom is -0.480 e. The molecule has 1 aromatic rings. The van der Waals surface area contributed by atoms with Crippen molar-refractivity contribution in [2.75, 3.05) is 11.9 Å². The normalized spacial score (nSPS) is 11.0. The number of nitriles is 1. The summed E-state index contributed by atoms with van der Waals surface area (Å²) in [4.78, 5) is 34.8. The van der Waals surface area contributed by atoms with Crippen LogP contribution < -0.4 is 16.0 Å². The molecular weight excluding hydrogens is 276 g/mol. The number of rotatable bonds is 5. The lowest BCUT2D eigenvalue weighted by molar-refractivity contribution is -0.140. The number of nitrogens with two attached hydrogens (primary N) is 1. The Labute approximate surface area is 120 Å². The number of aliphatic carboxylic acids is 1. The summed E-state index contributed by atoms with van der Waals surface area (Å²) >= 11 is 0. The van der Waals surface area contributed by atoms with Crippen LogP contribution in [0, 0.1) is 11.3 Å². The number of hydrogen-bond donors (Lipinski definition) is 3. The van der Waals surface area contributed by atoms with Gasteiger partial charge in [0.15, 0.2) is 0 Å². The number of amides is 3. The van der Waals surface area contributed by atoms with Crippen LogP contribution in [0.2, 0.25) is 0 Å². The molecule has 0 spiro atoms. The van der Waals surface area contributed by atoms with Crippen LogP contribution in [-0.4, -0.2) is 36.1 Å². The van der Waals surface area contributed by atoms with Crippen molar-refractivity contribution in [3.8, 4) is 6.07 Å². The van der Waals surface area contributed by atoms with E-state index in [1.807, 2.05) is 6.07 Å². The van der Waals surface area contributed by atoms with Crippen LogP contribution in [0.25, 0.3) is 0 Å². The number of hydrogen-bond acceptors (Lipinski definition) is 4. The maximum Gasteiger partial charge on any atom is 0.326 e. The number of carboxylic acid groups (broad SMARTS) is 1. The molecule has 0 aliphatic heterocycles. The number of nitrogens with one attached hydrogen (secondary N) is 1. The van der Waals surface area contributed by atoms with Crippen LogP contribution in [0.15, 0.2) is 24.3 Å². The SMILES string of the molecule is CN(C(=O)N[C@H](CC(N)=O)C(=O)O)c1ccccc1C#N. The molecule has 0 bridgehead atoms. The van der Waals surface area contributed by atoms with E-state index in [0.29, 0.717) is 5.69 Å². The van der Waals surface area contributed by atoms with Gasteiger partial charge in [0.25, 0.3) is 0 Å². The number of primary amides is 1. The maximum absolute atomic E-state index is 12.0. The van der Waals surface area contributed by atoms with E-state index in [2.05, 4.69) is 5.32 Å². The summed E-state index contributed by atoms with van der Waals surface area (Å²) in [5, 5.41) is 20.1. The van der Waals surface area contributed by atoms with Gasteiger partial charge >= 0.3 is 12.0 Å². The van der Waals surface area contributed by atoms with Crippen molar-refractivity contribution >= 4 is 23.6 Å². The molecule has 1 rings (SSSR count). The molecule has 8 nitrogen and oxygen atoms in total. The lowest BCUT2D eigenvalue weighted by Crippen LogP contribution is -2.48. The van der Waals surface area contributed by atoms with Gasteiger partial charge in [0.05, 0.1) is 17.7 Å². The van der Waals surface area contributed by atoms with E-state index in [-0.39, 0.29) is 5.56 Å². The van der Waals surface area contributed by atoms with Crippen LogP contribution >= 0.6 is 0 Å². The van der Waals surface area contributed by atoms with Gasteiger partial charge in [0.1, 0.15) is 12.1 Å². The number of carboxylic acids is 1. The highest BCUT2D eigenvalue weighted by molar-refractivity contribution is 5.96. The number of nitrogens with zero attached hydrogens (tertiary/aromatic N) is 2. The Morgan fingerprint density at radius 1 is 1.43 bits per heavy atom. The average molecular weight is 290 g/mol. The molecular formula is C13H14N4O4. The van der Waals surface area contributed by atoms with Crippen molar-refractivity contribution in [3.05, 3.63) is 29.8 Å². The van der Waals surface area contributed by atoms with E-state index in [0.717, 1.165) is 4.90 Å². The first-order valence-electron chi connectivity index (χ1n) is 5.91. The molecule has 0 fully saturated rings. The van der Waals surface area contributed by atoms with Crippen LogP contribution in [0.5, 0.6) is 0 Å². The highest BCUT2D eigenvalue weighted by Gasteiger charge is 2.24. The molecule has 3 amide bonds. The highest BCUT2D eigenvalue weighted by atomic mass is 16.4. The molecule has 1 aromatic carbocycles. The largest absolute Gasteiger partial charge is 0.480 e. The predicted molar refractivity (Wildman–Crippen MR) is 73.3 cm³/mol. The zero-order valence-corrected chi connectivity index (χ0v) is 11.2. The van der Waals surface area contributed by atoms with Crippen LogP contribution in [0.3, 0.4) is 0 Å². The molecule has 1 atom stereocenters. The lowest BCUT2D eigenvalue weighted by Gasteiger charge is -2.21. The van der Waals surface area contributed by atoms with Gasteiger partial charge in [0.2, 0.25) is 5.91 Å². The maximum atomic E-state index is 12.0. The fourth-order valence-corrected chi connectivity index (χ4v) is 1.62. The van der Waals surface area contributed by atoms with Gasteiger partial charge in [0, 0.05) is 7.05 Å². The topological polar surface area (TPSA) is 137 Å². The Morgan fingerprint density at radius 3 is 2.57 bits per heavy atom. The summed E-state index contributed by atoms with van der Waals surface area (Å²) in [6, 6.07) is 6.09. The zero-order valence-electron chi connectivity index (χ0n) is 11.2. The Bertz CT molecular complexity index is 608. The molecule has 4 N–H and O–H groups in total. The smallest absolute Gasteiger partial charge is 0.326 e. The fourth-order valence-electron chi connectivity index (χ4n) is 1.62. The van der Waals surface area contributed by atoms with Crippen molar-refractivity contribution in [3.63, 3.8) is 0 Å². The van der Waals surface area contributed by atoms with Crippen molar-refractivity contribution < 1.29 is 19.5 Å². The molecule has 0 aliphatic carbocycles. The first-order valence-corrected chi connectivity index (χ1v) is 5.91. The van der Waals surface area contributed by atoms with Gasteiger partial charge in [-0.2, -0.15) is 5.26 Å². The van der Waals surface area contributed by atoms with Gasteiger partial charge in [-0.25, -0.2) is 9.59 Å². The molecule has 0 aromatic heterocycles. The predicted octanol–water partition coefficient (Wildman–Crippen LogP) is 0.0327. The molecule has 21 heavy (non-hydrogen) atoms. The standard InChI is InChI=1S/C13H14N4O4/c1-17(10-5-3-2-4-8(10)7-14)13(21)16-9(12(19)20)6-11(15)18/h2-5,9H,6H2,1H3,(H2,15,18)(H,16,21)(H,19,20)/t9-/m1/s1. The van der Waals surface area contributed by atoms with Gasteiger partial charge in [-0.3, -0.25) is 9.69 Å². The lowest BCUT2D eigenvalue weighted by atomic mass is 10.2. The second-order valence-corrected chi connectivity index (χ2v) is 4.20. The number of benzene rings is 1. The molecule has 0 radical (unpaired) electrons. The minimum atomic E-state index is -1.42. The van der Waals surface area contributed by atoms with Crippen molar-refractivity contribution in [1.29, 1.82) is 5.26 Å². The summed E-state index contributed by atoms with van der Waals surface area (Å²) in [5.74, 6) is -2.22. The van der Waals surface area contributed by atoms with Crippen LogP contribution in [0.1, 0.15) is 12.0 Å². The second kappa shape index (κ2) is 6.91. The van der Waals surface area contributed by atoms with Crippen LogP contribution in [-0.2, 0) is 9.59 Å². The number of para-hydroxylation sites is 1. The molecule has 0 saturated heterocycles. The first-order chi connectivity index (χ1) is 9.86. The zero-order chi connectivity index (χ0) is 16.0. The number of urea groups is 1. The summed E-state index contributed by atoms with van der Waals surface area (Å²) in [6.45, 7) is 0. The van der Waals surface area contributed by atoms with Crippen molar-refractivity contribution in [2.24, 2.45) is 5.73 Å². The Hall–Kier alpha value is -3.08. The van der Waals surface area contributed by atoms with E-state index in [1.165, 1.54) is 13.1 Å². The third-order valence-corrected chi connectivity index (χ3v) is 2.69. The minimum absolute atomic E-state index is 0.261. The number of carbonyl (C=O) groups excluding carboxylic acids is 2. The highest BCUT2D eigenvalue weighted by Crippen LogP contribution is 2.18. The molecule has 0 heterocycles. The van der Waals surface area contributed by atoms with E-state index in [4.69, 9.17) is 16.1 Å². The van der Waals surface area contributed by atoms with Gasteiger partial charge in [-0.15, -0.1) is 0 Å². The third-order valence-electron chi connectivity index (χ3n) is 2.69. The summed E-state index contributed by atoms with van der Waals surface area (Å²) < 4.78 is 0. The number of carbonyl (C=O) groups is 3. The Kier molecular flexibility index (Phi) is 5.25. The van der Waals surface area contributed by atoms with Gasteiger partial charge in [-0.1, -0.05) is 12.1 Å². The third kappa shape index (κ3) is 4.21. The molecule has 0 aliphatic rings. The van der Waals surface area contributed by atoms with Crippen molar-refractivity contribution in [2.45, 2.75) is 12.5 Å². The van der Waals surface area contributed by atoms with E-state index in [1.54, 1.807) is 18.2 Å².